The van der Waals surface area contributed by atoms with Crippen LogP contribution in [-0.2, 0) is 19.2 Å². The van der Waals surface area contributed by atoms with Crippen LogP contribution in [0.3, 0.4) is 0 Å². The molecule has 8 nitrogen and oxygen atoms in total. The topological polar surface area (TPSA) is 104 Å². The number of rotatable bonds is 4. The van der Waals surface area contributed by atoms with Gasteiger partial charge in [0, 0.05) is 56.7 Å². The van der Waals surface area contributed by atoms with Gasteiger partial charge in [0.05, 0.1) is 5.92 Å². The maximum Gasteiger partial charge on any atom is 0.228 e. The fourth-order valence-corrected chi connectivity index (χ4v) is 5.09. The van der Waals surface area contributed by atoms with Crippen molar-refractivity contribution in [2.24, 2.45) is 23.5 Å². The van der Waals surface area contributed by atoms with Gasteiger partial charge in [-0.15, -0.1) is 0 Å². The summed E-state index contributed by atoms with van der Waals surface area (Å²) in [7, 11) is 0. The van der Waals surface area contributed by atoms with Gasteiger partial charge in [0.25, 0.3) is 0 Å². The first-order valence-corrected chi connectivity index (χ1v) is 11.6. The zero-order chi connectivity index (χ0) is 22.8. The molecule has 0 spiro atoms. The molecular formula is C24H32N4O4. The molecule has 172 valence electrons. The summed E-state index contributed by atoms with van der Waals surface area (Å²) in [6.45, 7) is 4.65. The first-order chi connectivity index (χ1) is 15.3. The van der Waals surface area contributed by atoms with Gasteiger partial charge in [-0.25, -0.2) is 0 Å². The summed E-state index contributed by atoms with van der Waals surface area (Å²) in [4.78, 5) is 55.2. The molecule has 1 aromatic carbocycles. The molecule has 3 saturated heterocycles. The molecule has 4 amide bonds. The normalized spacial score (nSPS) is 23.0. The molecule has 1 atom stereocenters. The summed E-state index contributed by atoms with van der Waals surface area (Å²) in [5.41, 5.74) is 7.34. The Bertz CT molecular complexity index is 884. The minimum absolute atomic E-state index is 0.0149. The van der Waals surface area contributed by atoms with Gasteiger partial charge >= 0.3 is 0 Å². The van der Waals surface area contributed by atoms with E-state index in [2.05, 4.69) is 0 Å². The van der Waals surface area contributed by atoms with Gasteiger partial charge in [-0.3, -0.25) is 19.2 Å². The number of primary amides is 1. The molecule has 32 heavy (non-hydrogen) atoms. The lowest BCUT2D eigenvalue weighted by atomic mass is 9.91. The molecule has 8 heteroatoms. The Labute approximate surface area is 188 Å². The van der Waals surface area contributed by atoms with Crippen molar-refractivity contribution in [3.63, 3.8) is 0 Å². The molecular weight excluding hydrogens is 408 g/mol. The summed E-state index contributed by atoms with van der Waals surface area (Å²) in [5, 5.41) is 0. The number of hydrogen-bond acceptors (Lipinski definition) is 4. The lowest BCUT2D eigenvalue weighted by molar-refractivity contribution is -0.143. The maximum atomic E-state index is 13.1. The lowest BCUT2D eigenvalue weighted by Gasteiger charge is -2.37. The highest BCUT2D eigenvalue weighted by atomic mass is 16.2. The zero-order valence-corrected chi connectivity index (χ0v) is 18.7. The minimum Gasteiger partial charge on any atom is -0.369 e. The second-order valence-corrected chi connectivity index (χ2v) is 9.34. The van der Waals surface area contributed by atoms with Crippen LogP contribution in [0.15, 0.2) is 24.3 Å². The van der Waals surface area contributed by atoms with Crippen LogP contribution in [0.1, 0.15) is 37.7 Å². The Morgan fingerprint density at radius 2 is 1.31 bits per heavy atom. The first-order valence-electron chi connectivity index (χ1n) is 11.6. The Kier molecular flexibility index (Phi) is 6.48. The number of carbonyl (C=O) groups excluding carboxylic acids is 4. The third-order valence-corrected chi connectivity index (χ3v) is 7.18. The summed E-state index contributed by atoms with van der Waals surface area (Å²) >= 11 is 0. The molecule has 0 bridgehead atoms. The van der Waals surface area contributed by atoms with Crippen LogP contribution >= 0.6 is 0 Å². The zero-order valence-electron chi connectivity index (χ0n) is 18.7. The molecule has 2 N–H and O–H groups in total. The van der Waals surface area contributed by atoms with Crippen molar-refractivity contribution >= 4 is 29.3 Å². The van der Waals surface area contributed by atoms with E-state index >= 15 is 0 Å². The smallest absolute Gasteiger partial charge is 0.228 e. The van der Waals surface area contributed by atoms with Crippen LogP contribution in [0.4, 0.5) is 5.69 Å². The van der Waals surface area contributed by atoms with Gasteiger partial charge in [0.15, 0.2) is 0 Å². The lowest BCUT2D eigenvalue weighted by Crippen LogP contribution is -2.48. The van der Waals surface area contributed by atoms with E-state index in [4.69, 9.17) is 5.73 Å². The van der Waals surface area contributed by atoms with Crippen LogP contribution < -0.4 is 10.6 Å². The van der Waals surface area contributed by atoms with Crippen LogP contribution in [0.2, 0.25) is 0 Å². The predicted octanol–water partition coefficient (Wildman–Crippen LogP) is 1.31. The van der Waals surface area contributed by atoms with Crippen LogP contribution in [0.25, 0.3) is 0 Å². The van der Waals surface area contributed by atoms with E-state index in [1.807, 2.05) is 41.0 Å². The van der Waals surface area contributed by atoms with Gasteiger partial charge < -0.3 is 20.4 Å². The third kappa shape index (κ3) is 4.64. The fraction of sp³-hybridized carbons (Fsp3) is 0.583. The number of carbonyl (C=O) groups is 4. The molecule has 4 rings (SSSR count). The van der Waals surface area contributed by atoms with Crippen LogP contribution in [0, 0.1) is 24.7 Å². The van der Waals surface area contributed by atoms with Gasteiger partial charge in [-0.1, -0.05) is 17.7 Å². The summed E-state index contributed by atoms with van der Waals surface area (Å²) in [6.07, 6.45) is 2.78. The summed E-state index contributed by atoms with van der Waals surface area (Å²) in [6, 6.07) is 7.78. The Hall–Kier alpha value is -2.90. The Morgan fingerprint density at radius 3 is 1.84 bits per heavy atom. The third-order valence-electron chi connectivity index (χ3n) is 7.18. The second-order valence-electron chi connectivity index (χ2n) is 9.34. The molecule has 3 heterocycles. The molecule has 3 aliphatic heterocycles. The number of piperidine rings is 2. The van der Waals surface area contributed by atoms with E-state index < -0.39 is 0 Å². The minimum atomic E-state index is -0.330. The number of aryl methyl sites for hydroxylation is 1. The van der Waals surface area contributed by atoms with Crippen LogP contribution in [-0.4, -0.2) is 66.2 Å². The SMILES string of the molecule is Cc1ccc(N2C[C@H](C(=O)N3CCC(C(=O)N4CCC(C(N)=O)CC4)CC3)CC2=O)cc1. The number of amides is 4. The molecule has 3 fully saturated rings. The highest BCUT2D eigenvalue weighted by Gasteiger charge is 2.39. The van der Waals surface area contributed by atoms with Crippen molar-refractivity contribution in [2.75, 3.05) is 37.6 Å². The van der Waals surface area contributed by atoms with Crippen molar-refractivity contribution in [3.8, 4) is 0 Å². The largest absolute Gasteiger partial charge is 0.369 e. The number of hydrogen-bond donors (Lipinski definition) is 1. The average molecular weight is 441 g/mol. The second kappa shape index (κ2) is 9.30. The van der Waals surface area contributed by atoms with Crippen LogP contribution in [0.5, 0.6) is 0 Å². The van der Waals surface area contributed by atoms with Crippen molar-refractivity contribution in [3.05, 3.63) is 29.8 Å². The first kappa shape index (κ1) is 22.3. The molecule has 1 aromatic rings. The van der Waals surface area contributed by atoms with Crippen molar-refractivity contribution in [1.82, 2.24) is 9.80 Å². The van der Waals surface area contributed by atoms with E-state index in [0.717, 1.165) is 11.3 Å². The monoisotopic (exact) mass is 440 g/mol. The average Bonchev–Trinajstić information content (AvgIpc) is 3.20. The van der Waals surface area contributed by atoms with Crippen molar-refractivity contribution in [2.45, 2.75) is 39.0 Å². The van der Waals surface area contributed by atoms with Gasteiger partial charge in [0.1, 0.15) is 0 Å². The molecule has 0 aliphatic carbocycles. The Morgan fingerprint density at radius 1 is 0.812 bits per heavy atom. The standard InChI is InChI=1S/C24H32N4O4/c1-16-2-4-20(5-3-16)28-15-19(14-21(28)29)24(32)27-12-8-18(9-13-27)23(31)26-10-6-17(7-11-26)22(25)30/h2-5,17-19H,6-15H2,1H3,(H2,25,30)/t19-/m1/s1. The van der Waals surface area contributed by atoms with E-state index in [9.17, 15) is 19.2 Å². The van der Waals surface area contributed by atoms with Gasteiger partial charge in [-0.2, -0.15) is 0 Å². The highest BCUT2D eigenvalue weighted by Crippen LogP contribution is 2.29. The number of benzene rings is 1. The van der Waals surface area contributed by atoms with E-state index in [1.165, 1.54) is 0 Å². The maximum absolute atomic E-state index is 13.1. The molecule has 0 saturated carbocycles. The predicted molar refractivity (Wildman–Crippen MR) is 119 cm³/mol. The molecule has 3 aliphatic rings. The quantitative estimate of drug-likeness (QED) is 0.762. The van der Waals surface area contributed by atoms with Gasteiger partial charge in [-0.05, 0) is 44.7 Å². The molecule has 0 aromatic heterocycles. The fourth-order valence-electron chi connectivity index (χ4n) is 5.09. The number of likely N-dealkylation sites (tertiary alicyclic amines) is 2. The summed E-state index contributed by atoms with van der Waals surface area (Å²) in [5.74, 6) is -0.705. The Balaban J connectivity index is 1.27. The number of nitrogens with zero attached hydrogens (tertiary/aromatic N) is 3. The van der Waals surface area contributed by atoms with E-state index in [1.54, 1.807) is 4.90 Å². The number of anilines is 1. The summed E-state index contributed by atoms with van der Waals surface area (Å²) < 4.78 is 0. The van der Waals surface area contributed by atoms with E-state index in [0.29, 0.717) is 58.4 Å². The number of nitrogens with two attached hydrogens (primary N) is 1. The van der Waals surface area contributed by atoms with Gasteiger partial charge in [0.2, 0.25) is 23.6 Å². The van der Waals surface area contributed by atoms with E-state index in [-0.39, 0.29) is 47.8 Å². The molecule has 0 unspecified atom stereocenters. The molecule has 0 radical (unpaired) electrons. The highest BCUT2D eigenvalue weighted by molar-refractivity contribution is 6.00. The van der Waals surface area contributed by atoms with Crippen molar-refractivity contribution in [1.29, 1.82) is 0 Å². The van der Waals surface area contributed by atoms with Crippen molar-refractivity contribution < 1.29 is 19.2 Å².